The van der Waals surface area contributed by atoms with Gasteiger partial charge in [0.2, 0.25) is 0 Å². The van der Waals surface area contributed by atoms with Crippen molar-refractivity contribution < 1.29 is 0 Å². The lowest BCUT2D eigenvalue weighted by atomic mass is 10.0. The monoisotopic (exact) mass is 320 g/mol. The van der Waals surface area contributed by atoms with E-state index in [2.05, 4.69) is 31.3 Å². The van der Waals surface area contributed by atoms with Crippen LogP contribution >= 0.6 is 15.9 Å². The number of hydrogen-bond acceptors (Lipinski definition) is 4. The summed E-state index contributed by atoms with van der Waals surface area (Å²) in [5.74, 6) is 5.61. The second-order valence-corrected chi connectivity index (χ2v) is 5.31. The van der Waals surface area contributed by atoms with Crippen LogP contribution in [-0.4, -0.2) is 16.0 Å². The molecule has 4 nitrogen and oxygen atoms in total. The number of hydrazine groups is 1. The number of nitrogens with one attached hydrogen (secondary N) is 1. The summed E-state index contributed by atoms with van der Waals surface area (Å²) in [7, 11) is 0. The van der Waals surface area contributed by atoms with Gasteiger partial charge in [-0.15, -0.1) is 0 Å². The Hall–Kier alpha value is -1.30. The fourth-order valence-electron chi connectivity index (χ4n) is 1.89. The van der Waals surface area contributed by atoms with Crippen LogP contribution in [0.2, 0.25) is 0 Å². The van der Waals surface area contributed by atoms with Gasteiger partial charge < -0.3 is 0 Å². The average molecular weight is 321 g/mol. The second-order valence-electron chi connectivity index (χ2n) is 4.40. The van der Waals surface area contributed by atoms with Gasteiger partial charge in [0.15, 0.2) is 0 Å². The Labute approximate surface area is 121 Å². The van der Waals surface area contributed by atoms with Crippen molar-refractivity contribution in [2.45, 2.75) is 25.3 Å². The Kier molecular flexibility index (Phi) is 5.44. The van der Waals surface area contributed by atoms with Crippen LogP contribution < -0.4 is 11.3 Å². The van der Waals surface area contributed by atoms with Gasteiger partial charge in [-0.25, -0.2) is 0 Å². The molecule has 3 N–H and O–H groups in total. The minimum absolute atomic E-state index is 0.204. The molecule has 2 aromatic heterocycles. The number of hydrogen-bond donors (Lipinski definition) is 2. The Morgan fingerprint density at radius 3 is 2.68 bits per heavy atom. The molecule has 0 aliphatic heterocycles. The molecule has 1 unspecified atom stereocenters. The van der Waals surface area contributed by atoms with Crippen molar-refractivity contribution in [3.05, 3.63) is 58.6 Å². The predicted molar refractivity (Wildman–Crippen MR) is 79.3 cm³/mol. The van der Waals surface area contributed by atoms with Crippen LogP contribution in [0.15, 0.2) is 47.2 Å². The molecule has 2 rings (SSSR count). The van der Waals surface area contributed by atoms with E-state index < -0.39 is 0 Å². The summed E-state index contributed by atoms with van der Waals surface area (Å²) in [4.78, 5) is 8.68. The highest BCUT2D eigenvalue weighted by atomic mass is 79.9. The van der Waals surface area contributed by atoms with E-state index in [1.54, 1.807) is 0 Å². The van der Waals surface area contributed by atoms with Gasteiger partial charge in [0.05, 0.1) is 0 Å². The Morgan fingerprint density at radius 2 is 2.05 bits per heavy atom. The zero-order chi connectivity index (χ0) is 13.5. The SMILES string of the molecule is NNC(CCc1ccccn1)Cc1ccc(Br)cn1. The van der Waals surface area contributed by atoms with E-state index in [1.807, 2.05) is 42.7 Å². The minimum atomic E-state index is 0.204. The number of aromatic nitrogens is 2. The number of nitrogens with zero attached hydrogens (tertiary/aromatic N) is 2. The van der Waals surface area contributed by atoms with Crippen LogP contribution in [0.25, 0.3) is 0 Å². The highest BCUT2D eigenvalue weighted by Gasteiger charge is 2.09. The molecular weight excluding hydrogens is 304 g/mol. The number of aryl methyl sites for hydroxylation is 1. The smallest absolute Gasteiger partial charge is 0.0420 e. The Balaban J connectivity index is 1.88. The van der Waals surface area contributed by atoms with Gasteiger partial charge in [-0.05, 0) is 53.0 Å². The van der Waals surface area contributed by atoms with Crippen molar-refractivity contribution in [1.29, 1.82) is 0 Å². The van der Waals surface area contributed by atoms with Crippen LogP contribution in [0.3, 0.4) is 0 Å². The largest absolute Gasteiger partial charge is 0.271 e. The Bertz CT molecular complexity index is 487. The number of nitrogens with two attached hydrogens (primary N) is 1. The van der Waals surface area contributed by atoms with Gasteiger partial charge in [-0.3, -0.25) is 21.2 Å². The molecule has 5 heteroatoms. The summed E-state index contributed by atoms with van der Waals surface area (Å²) >= 11 is 3.38. The lowest BCUT2D eigenvalue weighted by molar-refractivity contribution is 0.485. The lowest BCUT2D eigenvalue weighted by Crippen LogP contribution is -2.37. The molecule has 0 saturated carbocycles. The fourth-order valence-corrected chi connectivity index (χ4v) is 2.13. The standard InChI is InChI=1S/C14H17BrN4/c15-11-4-5-13(18-10-11)9-14(19-16)7-6-12-3-1-2-8-17-12/h1-5,8,10,14,19H,6-7,9,16H2. The van der Waals surface area contributed by atoms with Crippen LogP contribution in [0.4, 0.5) is 0 Å². The zero-order valence-electron chi connectivity index (χ0n) is 10.6. The van der Waals surface area contributed by atoms with E-state index in [9.17, 15) is 0 Å². The molecule has 0 fully saturated rings. The first-order chi connectivity index (χ1) is 9.28. The normalized spacial score (nSPS) is 12.3. The van der Waals surface area contributed by atoms with Crippen LogP contribution in [0.1, 0.15) is 17.8 Å². The summed E-state index contributed by atoms with van der Waals surface area (Å²) in [6.07, 6.45) is 6.28. The molecule has 2 aromatic rings. The molecule has 0 aliphatic rings. The maximum absolute atomic E-state index is 5.61. The topological polar surface area (TPSA) is 63.8 Å². The molecule has 0 aromatic carbocycles. The highest BCUT2D eigenvalue weighted by molar-refractivity contribution is 9.10. The fraction of sp³-hybridized carbons (Fsp3) is 0.286. The number of pyridine rings is 2. The summed E-state index contributed by atoms with van der Waals surface area (Å²) in [6, 6.07) is 10.2. The maximum Gasteiger partial charge on any atom is 0.0420 e. The summed E-state index contributed by atoms with van der Waals surface area (Å²) < 4.78 is 0.988. The third kappa shape index (κ3) is 4.70. The van der Waals surface area contributed by atoms with Crippen molar-refractivity contribution in [2.75, 3.05) is 0 Å². The average Bonchev–Trinajstić information content (AvgIpc) is 2.46. The predicted octanol–water partition coefficient (Wildman–Crippen LogP) is 2.25. The molecule has 19 heavy (non-hydrogen) atoms. The molecule has 1 atom stereocenters. The van der Waals surface area contributed by atoms with Gasteiger partial charge in [0.25, 0.3) is 0 Å². The van der Waals surface area contributed by atoms with E-state index in [0.717, 1.165) is 35.1 Å². The summed E-state index contributed by atoms with van der Waals surface area (Å²) in [5, 5.41) is 0. The molecule has 0 spiro atoms. The molecule has 2 heterocycles. The molecule has 0 bridgehead atoms. The van der Waals surface area contributed by atoms with Gasteiger partial charge in [-0.2, -0.15) is 0 Å². The lowest BCUT2D eigenvalue weighted by Gasteiger charge is -2.15. The Morgan fingerprint density at radius 1 is 1.16 bits per heavy atom. The first kappa shape index (κ1) is 14.1. The van der Waals surface area contributed by atoms with Gasteiger partial charge >= 0.3 is 0 Å². The maximum atomic E-state index is 5.61. The van der Waals surface area contributed by atoms with Crippen molar-refractivity contribution >= 4 is 15.9 Å². The number of rotatable bonds is 6. The van der Waals surface area contributed by atoms with Crippen molar-refractivity contribution in [2.24, 2.45) is 5.84 Å². The van der Waals surface area contributed by atoms with Crippen molar-refractivity contribution in [3.63, 3.8) is 0 Å². The molecule has 0 saturated heterocycles. The van der Waals surface area contributed by atoms with E-state index in [0.29, 0.717) is 0 Å². The van der Waals surface area contributed by atoms with Crippen LogP contribution in [0.5, 0.6) is 0 Å². The number of halogens is 1. The second kappa shape index (κ2) is 7.33. The molecular formula is C14H17BrN4. The molecule has 0 radical (unpaired) electrons. The van der Waals surface area contributed by atoms with Crippen LogP contribution in [0, 0.1) is 0 Å². The van der Waals surface area contributed by atoms with E-state index in [1.165, 1.54) is 0 Å². The molecule has 0 amide bonds. The van der Waals surface area contributed by atoms with Gasteiger partial charge in [0.1, 0.15) is 0 Å². The third-order valence-corrected chi connectivity index (χ3v) is 3.42. The van der Waals surface area contributed by atoms with Crippen LogP contribution in [-0.2, 0) is 12.8 Å². The van der Waals surface area contributed by atoms with Gasteiger partial charge in [0, 0.05) is 40.7 Å². The molecule has 100 valence electrons. The minimum Gasteiger partial charge on any atom is -0.271 e. The van der Waals surface area contributed by atoms with Crippen molar-refractivity contribution in [1.82, 2.24) is 15.4 Å². The summed E-state index contributed by atoms with van der Waals surface area (Å²) in [5.41, 5.74) is 4.98. The summed E-state index contributed by atoms with van der Waals surface area (Å²) in [6.45, 7) is 0. The first-order valence-electron chi connectivity index (χ1n) is 6.24. The van der Waals surface area contributed by atoms with E-state index >= 15 is 0 Å². The highest BCUT2D eigenvalue weighted by Crippen LogP contribution is 2.10. The molecule has 0 aliphatic carbocycles. The van der Waals surface area contributed by atoms with E-state index in [-0.39, 0.29) is 6.04 Å². The van der Waals surface area contributed by atoms with E-state index in [4.69, 9.17) is 5.84 Å². The zero-order valence-corrected chi connectivity index (χ0v) is 12.2. The van der Waals surface area contributed by atoms with Crippen molar-refractivity contribution in [3.8, 4) is 0 Å². The first-order valence-corrected chi connectivity index (χ1v) is 7.03. The third-order valence-electron chi connectivity index (χ3n) is 2.95. The quantitative estimate of drug-likeness (QED) is 0.633. The van der Waals surface area contributed by atoms with Gasteiger partial charge in [-0.1, -0.05) is 6.07 Å².